The Kier molecular flexibility index (Phi) is 18.7. The maximum absolute atomic E-state index is 8.15. The summed E-state index contributed by atoms with van der Waals surface area (Å²) in [7, 11) is -3.54. The quantitative estimate of drug-likeness (QED) is 0.0513. The van der Waals surface area contributed by atoms with Crippen LogP contribution in [-0.4, -0.2) is 86.6 Å². The minimum Gasteiger partial charge on any atom is -0.455 e. The first-order chi connectivity index (χ1) is 15.7. The maximum atomic E-state index is 8.15. The third kappa shape index (κ3) is 20.1. The number of nitrogens with two attached hydrogens (primary N) is 1. The molecule has 0 aliphatic heterocycles. The number of thioether (sulfide) groups is 1. The molecular formula is C20H42N6O4SSi2. The molecule has 0 fully saturated rings. The third-order valence-corrected chi connectivity index (χ3v) is 13.9. The number of hydrogen-bond acceptors (Lipinski definition) is 8. The molecule has 0 aromatic carbocycles. The predicted octanol–water partition coefficient (Wildman–Crippen LogP) is 4.35. The fourth-order valence-corrected chi connectivity index (χ4v) is 13.1. The van der Waals surface area contributed by atoms with Gasteiger partial charge in [-0.1, -0.05) is 16.9 Å². The molecule has 2 N–H and O–H groups in total. The molecule has 0 unspecified atom stereocenters. The summed E-state index contributed by atoms with van der Waals surface area (Å²) in [6, 6.07) is 1.09. The van der Waals surface area contributed by atoms with Crippen molar-refractivity contribution in [3.63, 3.8) is 0 Å². The van der Waals surface area contributed by atoms with Gasteiger partial charge in [-0.25, -0.2) is 9.98 Å². The summed E-state index contributed by atoms with van der Waals surface area (Å²) in [6.45, 7) is 18.4. The summed E-state index contributed by atoms with van der Waals surface area (Å²) >= 11 is 1.59. The number of ether oxygens (including phenoxy) is 3. The van der Waals surface area contributed by atoms with Crippen LogP contribution in [0.2, 0.25) is 32.2 Å². The van der Waals surface area contributed by atoms with Crippen molar-refractivity contribution in [3.05, 3.63) is 22.2 Å². The summed E-state index contributed by atoms with van der Waals surface area (Å²) in [5, 5.41) is 4.90. The summed E-state index contributed by atoms with van der Waals surface area (Å²) in [5.74, 6) is 0. The van der Waals surface area contributed by atoms with E-state index in [9.17, 15) is 0 Å². The zero-order valence-electron chi connectivity index (χ0n) is 20.9. The lowest BCUT2D eigenvalue weighted by atomic mass is 10.4. The molecule has 0 heterocycles. The number of hydrogen-bond donors (Lipinski definition) is 1. The Bertz CT molecular complexity index is 658. The lowest BCUT2D eigenvalue weighted by molar-refractivity contribution is 0.0201. The molecule has 0 spiro atoms. The number of rotatable bonds is 19. The normalized spacial score (nSPS) is 13.2. The molecule has 13 heteroatoms. The Labute approximate surface area is 205 Å². The summed E-state index contributed by atoms with van der Waals surface area (Å²) in [6.07, 6.45) is 2.79. The minimum atomic E-state index is -1.84. The van der Waals surface area contributed by atoms with Gasteiger partial charge in [-0.3, -0.25) is 0 Å². The Morgan fingerprint density at radius 1 is 1.06 bits per heavy atom. The molecule has 0 aromatic heterocycles. The van der Waals surface area contributed by atoms with Gasteiger partial charge >= 0.3 is 0 Å². The summed E-state index contributed by atoms with van der Waals surface area (Å²) in [5.41, 5.74) is 14.8. The molecule has 0 aliphatic rings. The predicted molar refractivity (Wildman–Crippen MR) is 144 cm³/mol. The van der Waals surface area contributed by atoms with Crippen LogP contribution in [0.25, 0.3) is 10.4 Å². The second-order valence-electron chi connectivity index (χ2n) is 8.58. The molecule has 0 saturated heterocycles. The van der Waals surface area contributed by atoms with E-state index in [2.05, 4.69) is 52.9 Å². The van der Waals surface area contributed by atoms with Crippen molar-refractivity contribution in [2.75, 3.05) is 58.1 Å². The number of amidine groups is 1. The van der Waals surface area contributed by atoms with Gasteiger partial charge in [0.25, 0.3) is 0 Å². The third-order valence-electron chi connectivity index (χ3n) is 4.09. The first-order valence-corrected chi connectivity index (χ1v) is 18.3. The minimum absolute atomic E-state index is 0.331. The van der Waals surface area contributed by atoms with Crippen LogP contribution >= 0.6 is 11.8 Å². The molecule has 0 rings (SSSR count). The molecular weight excluding hydrogens is 476 g/mol. The molecule has 10 nitrogen and oxygen atoms in total. The van der Waals surface area contributed by atoms with Gasteiger partial charge in [-0.15, -0.1) is 0 Å². The van der Waals surface area contributed by atoms with Gasteiger partial charge in [-0.2, -0.15) is 0 Å². The molecule has 0 aliphatic carbocycles. The second-order valence-corrected chi connectivity index (χ2v) is 18.7. The standard InChI is InChI=1S/C20H42N6O4SSi2/c1-19(17-29-14-13-28-12-11-27-10-9-25-26-22)16-24-20(23-2)31-18-33(5,6)30-32(3,4)15-7-8-21/h16H,2,7-15,17-18,21H2,1,3-6H3/b19-16+,24-20?. The van der Waals surface area contributed by atoms with Crippen molar-refractivity contribution in [1.29, 1.82) is 0 Å². The van der Waals surface area contributed by atoms with E-state index in [1.54, 1.807) is 18.0 Å². The fourth-order valence-electron chi connectivity index (χ4n) is 2.74. The van der Waals surface area contributed by atoms with Crippen LogP contribution in [0.1, 0.15) is 13.3 Å². The Hall–Kier alpha value is -1.03. The van der Waals surface area contributed by atoms with Crippen molar-refractivity contribution in [2.24, 2.45) is 20.8 Å². The van der Waals surface area contributed by atoms with Gasteiger partial charge in [-0.05, 0) is 69.9 Å². The van der Waals surface area contributed by atoms with Crippen LogP contribution in [0.3, 0.4) is 0 Å². The first kappa shape index (κ1) is 32.0. The van der Waals surface area contributed by atoms with Crippen molar-refractivity contribution in [1.82, 2.24) is 0 Å². The number of nitrogens with zero attached hydrogens (tertiary/aromatic N) is 5. The van der Waals surface area contributed by atoms with Crippen LogP contribution in [0.5, 0.6) is 0 Å². The van der Waals surface area contributed by atoms with Gasteiger partial charge in [0.1, 0.15) is 0 Å². The largest absolute Gasteiger partial charge is 0.455 e. The van der Waals surface area contributed by atoms with Crippen LogP contribution < -0.4 is 5.73 Å². The topological polar surface area (TPSA) is 136 Å². The second kappa shape index (κ2) is 19.3. The molecule has 0 saturated carbocycles. The zero-order chi connectivity index (χ0) is 25.0. The molecule has 0 bridgehead atoms. The Balaban J connectivity index is 4.19. The van der Waals surface area contributed by atoms with Gasteiger partial charge < -0.3 is 24.1 Å². The van der Waals surface area contributed by atoms with E-state index in [0.717, 1.165) is 23.4 Å². The summed E-state index contributed by atoms with van der Waals surface area (Å²) in [4.78, 5) is 11.2. The highest BCUT2D eigenvalue weighted by Gasteiger charge is 2.32. The lowest BCUT2D eigenvalue weighted by Crippen LogP contribution is -2.46. The molecule has 190 valence electrons. The van der Waals surface area contributed by atoms with Crippen molar-refractivity contribution >= 4 is 40.3 Å². The van der Waals surface area contributed by atoms with E-state index in [-0.39, 0.29) is 0 Å². The highest BCUT2D eigenvalue weighted by atomic mass is 32.2. The summed E-state index contributed by atoms with van der Waals surface area (Å²) < 4.78 is 22.8. The van der Waals surface area contributed by atoms with Crippen molar-refractivity contribution in [3.8, 4) is 0 Å². The van der Waals surface area contributed by atoms with E-state index < -0.39 is 16.6 Å². The molecule has 0 radical (unpaired) electrons. The van der Waals surface area contributed by atoms with Crippen LogP contribution in [-0.2, 0) is 18.3 Å². The van der Waals surface area contributed by atoms with Crippen LogP contribution in [0.4, 0.5) is 0 Å². The Morgan fingerprint density at radius 3 is 2.30 bits per heavy atom. The van der Waals surface area contributed by atoms with Gasteiger partial charge in [0.05, 0.1) is 39.6 Å². The van der Waals surface area contributed by atoms with Gasteiger partial charge in [0.15, 0.2) is 21.8 Å². The lowest BCUT2D eigenvalue weighted by Gasteiger charge is -2.33. The number of azide groups is 1. The zero-order valence-corrected chi connectivity index (χ0v) is 23.7. The van der Waals surface area contributed by atoms with Crippen LogP contribution in [0, 0.1) is 0 Å². The molecule has 33 heavy (non-hydrogen) atoms. The van der Waals surface area contributed by atoms with Crippen molar-refractivity contribution in [2.45, 2.75) is 45.6 Å². The maximum Gasteiger partial charge on any atom is 0.186 e. The first-order valence-electron chi connectivity index (χ1n) is 11.1. The van der Waals surface area contributed by atoms with E-state index in [4.69, 9.17) is 29.6 Å². The van der Waals surface area contributed by atoms with E-state index in [0.29, 0.717) is 57.9 Å². The molecule has 0 amide bonds. The van der Waals surface area contributed by atoms with E-state index in [1.807, 2.05) is 6.92 Å². The molecule has 0 atom stereocenters. The van der Waals surface area contributed by atoms with E-state index in [1.165, 1.54) is 0 Å². The fraction of sp³-hybridized carbons (Fsp3) is 0.800. The van der Waals surface area contributed by atoms with E-state index >= 15 is 0 Å². The van der Waals surface area contributed by atoms with Crippen LogP contribution in [0.15, 0.2) is 26.9 Å². The highest BCUT2D eigenvalue weighted by Crippen LogP contribution is 2.23. The van der Waals surface area contributed by atoms with Crippen molar-refractivity contribution < 1.29 is 18.3 Å². The smallest absolute Gasteiger partial charge is 0.186 e. The van der Waals surface area contributed by atoms with Gasteiger partial charge in [0.2, 0.25) is 0 Å². The monoisotopic (exact) mass is 518 g/mol. The molecule has 0 aromatic rings. The average Bonchev–Trinajstić information content (AvgIpc) is 2.75. The Morgan fingerprint density at radius 2 is 1.70 bits per heavy atom. The SMILES string of the molecule is C=NC(=N/C=C(\C)COCCOCCOCCN=[N+]=[N-])SC[Si](C)(C)O[Si](C)(C)CCCN. The van der Waals surface area contributed by atoms with Gasteiger partial charge in [0, 0.05) is 23.0 Å². The number of aliphatic imine (C=N–C) groups is 2. The highest BCUT2D eigenvalue weighted by molar-refractivity contribution is 8.15. The average molecular weight is 519 g/mol.